The van der Waals surface area contributed by atoms with Crippen LogP contribution in [0.1, 0.15) is 23.2 Å². The highest BCUT2D eigenvalue weighted by molar-refractivity contribution is 5.90. The summed E-state index contributed by atoms with van der Waals surface area (Å²) in [7, 11) is 0. The fourth-order valence-corrected chi connectivity index (χ4v) is 1.91. The number of anilines is 1. The van der Waals surface area contributed by atoms with Crippen molar-refractivity contribution in [1.82, 2.24) is 0 Å². The third kappa shape index (κ3) is 3.41. The van der Waals surface area contributed by atoms with Gasteiger partial charge in [0.05, 0.1) is 17.9 Å². The second-order valence-electron chi connectivity index (χ2n) is 4.51. The third-order valence-electron chi connectivity index (χ3n) is 3.10. The van der Waals surface area contributed by atoms with Crippen molar-refractivity contribution in [2.75, 3.05) is 25.6 Å². The van der Waals surface area contributed by atoms with Crippen LogP contribution in [0.15, 0.2) is 12.1 Å². The van der Waals surface area contributed by atoms with Crippen LogP contribution < -0.4 is 5.73 Å². The fourth-order valence-electron chi connectivity index (χ4n) is 1.91. The van der Waals surface area contributed by atoms with Crippen molar-refractivity contribution in [1.29, 1.82) is 0 Å². The first-order valence-corrected chi connectivity index (χ1v) is 6.07. The number of benzene rings is 1. The highest BCUT2D eigenvalue weighted by Gasteiger charge is 2.19. The van der Waals surface area contributed by atoms with Gasteiger partial charge in [-0.15, -0.1) is 0 Å². The molecule has 1 saturated heterocycles. The second kappa shape index (κ2) is 5.97. The van der Waals surface area contributed by atoms with Crippen LogP contribution in [-0.2, 0) is 9.47 Å². The Balaban J connectivity index is 1.97. The Labute approximate surface area is 109 Å². The molecule has 4 nitrogen and oxygen atoms in total. The van der Waals surface area contributed by atoms with Gasteiger partial charge in [0.15, 0.2) is 0 Å². The monoisotopic (exact) mass is 271 g/mol. The zero-order valence-corrected chi connectivity index (χ0v) is 10.3. The molecule has 0 saturated carbocycles. The fraction of sp³-hybridized carbons (Fsp3) is 0.462. The molecule has 6 heteroatoms. The number of hydrogen-bond acceptors (Lipinski definition) is 4. The lowest BCUT2D eigenvalue weighted by atomic mass is 10.0. The summed E-state index contributed by atoms with van der Waals surface area (Å²) in [5.74, 6) is -2.46. The Morgan fingerprint density at radius 2 is 2.00 bits per heavy atom. The molecular weight excluding hydrogens is 256 g/mol. The zero-order valence-electron chi connectivity index (χ0n) is 10.3. The van der Waals surface area contributed by atoms with E-state index in [-0.39, 0.29) is 23.8 Å². The molecule has 1 aromatic rings. The molecule has 0 unspecified atom stereocenters. The van der Waals surface area contributed by atoms with Crippen molar-refractivity contribution < 1.29 is 23.0 Å². The van der Waals surface area contributed by atoms with Crippen LogP contribution in [0.3, 0.4) is 0 Å². The number of rotatable bonds is 3. The molecular formula is C13H15F2NO3. The molecule has 1 aliphatic rings. The average Bonchev–Trinajstić information content (AvgIpc) is 2.41. The topological polar surface area (TPSA) is 61.6 Å². The van der Waals surface area contributed by atoms with Crippen LogP contribution in [0.2, 0.25) is 0 Å². The Bertz CT molecular complexity index is 473. The number of carbonyl (C=O) groups is 1. The van der Waals surface area contributed by atoms with Gasteiger partial charge in [-0.2, -0.15) is 0 Å². The molecule has 0 aliphatic carbocycles. The molecule has 0 atom stereocenters. The van der Waals surface area contributed by atoms with Gasteiger partial charge in [-0.25, -0.2) is 13.6 Å². The summed E-state index contributed by atoms with van der Waals surface area (Å²) in [4.78, 5) is 11.7. The minimum Gasteiger partial charge on any atom is -0.462 e. The van der Waals surface area contributed by atoms with E-state index in [4.69, 9.17) is 15.2 Å². The van der Waals surface area contributed by atoms with E-state index < -0.39 is 17.6 Å². The summed E-state index contributed by atoms with van der Waals surface area (Å²) in [5, 5.41) is 0. The summed E-state index contributed by atoms with van der Waals surface area (Å²) in [6, 6.07) is 1.54. The van der Waals surface area contributed by atoms with Crippen molar-refractivity contribution in [3.63, 3.8) is 0 Å². The highest BCUT2D eigenvalue weighted by atomic mass is 19.1. The first-order valence-electron chi connectivity index (χ1n) is 6.07. The molecule has 0 amide bonds. The predicted octanol–water partition coefficient (Wildman–Crippen LogP) is 2.13. The molecule has 1 aliphatic heterocycles. The number of ether oxygens (including phenoxy) is 2. The maximum Gasteiger partial charge on any atom is 0.341 e. The normalized spacial score (nSPS) is 16.3. The Kier molecular flexibility index (Phi) is 4.31. The van der Waals surface area contributed by atoms with E-state index in [1.165, 1.54) is 0 Å². The van der Waals surface area contributed by atoms with Gasteiger partial charge in [0.25, 0.3) is 0 Å². The van der Waals surface area contributed by atoms with E-state index in [9.17, 15) is 13.6 Å². The van der Waals surface area contributed by atoms with Crippen molar-refractivity contribution in [2.45, 2.75) is 12.8 Å². The van der Waals surface area contributed by atoms with E-state index in [1.807, 2.05) is 0 Å². The van der Waals surface area contributed by atoms with E-state index in [0.717, 1.165) is 18.9 Å². The van der Waals surface area contributed by atoms with Crippen LogP contribution >= 0.6 is 0 Å². The van der Waals surface area contributed by atoms with E-state index >= 15 is 0 Å². The Hall–Kier alpha value is -1.69. The number of nitrogen functional groups attached to an aromatic ring is 1. The molecule has 19 heavy (non-hydrogen) atoms. The van der Waals surface area contributed by atoms with Crippen molar-refractivity contribution in [3.8, 4) is 0 Å². The maximum absolute atomic E-state index is 13.4. The number of esters is 1. The van der Waals surface area contributed by atoms with Gasteiger partial charge in [-0.3, -0.25) is 0 Å². The summed E-state index contributed by atoms with van der Waals surface area (Å²) >= 11 is 0. The minimum atomic E-state index is -0.969. The Morgan fingerprint density at radius 1 is 1.32 bits per heavy atom. The number of nitrogens with two attached hydrogens (primary N) is 1. The molecule has 1 aromatic carbocycles. The number of halogens is 2. The number of carbonyl (C=O) groups excluding carboxylic acids is 1. The molecule has 2 N–H and O–H groups in total. The molecule has 0 bridgehead atoms. The van der Waals surface area contributed by atoms with Gasteiger partial charge in [0, 0.05) is 19.3 Å². The SMILES string of the molecule is Nc1cc(C(=O)OCC2CCOCC2)c(F)cc1F. The van der Waals surface area contributed by atoms with Gasteiger partial charge >= 0.3 is 5.97 Å². The molecule has 2 rings (SSSR count). The van der Waals surface area contributed by atoms with Crippen LogP contribution in [-0.4, -0.2) is 25.8 Å². The lowest BCUT2D eigenvalue weighted by molar-refractivity contribution is 0.0182. The minimum absolute atomic E-state index is 0.207. The van der Waals surface area contributed by atoms with Gasteiger partial charge in [-0.05, 0) is 24.8 Å². The molecule has 1 heterocycles. The van der Waals surface area contributed by atoms with Crippen molar-refractivity contribution in [2.24, 2.45) is 5.92 Å². The number of hydrogen-bond donors (Lipinski definition) is 1. The standard InChI is InChI=1S/C13H15F2NO3/c14-10-6-11(15)12(16)5-9(10)13(17)19-7-8-1-3-18-4-2-8/h5-6,8H,1-4,7,16H2. The summed E-state index contributed by atoms with van der Waals surface area (Å²) in [6.07, 6.45) is 1.61. The quantitative estimate of drug-likeness (QED) is 0.675. The first-order chi connectivity index (χ1) is 9.08. The van der Waals surface area contributed by atoms with Gasteiger partial charge in [0.1, 0.15) is 11.6 Å². The van der Waals surface area contributed by atoms with E-state index in [1.54, 1.807) is 0 Å². The lowest BCUT2D eigenvalue weighted by Crippen LogP contribution is -2.22. The van der Waals surface area contributed by atoms with E-state index in [2.05, 4.69) is 0 Å². The average molecular weight is 271 g/mol. The molecule has 0 spiro atoms. The highest BCUT2D eigenvalue weighted by Crippen LogP contribution is 2.19. The lowest BCUT2D eigenvalue weighted by Gasteiger charge is -2.21. The summed E-state index contributed by atoms with van der Waals surface area (Å²) < 4.78 is 36.6. The molecule has 0 radical (unpaired) electrons. The molecule has 0 aromatic heterocycles. The van der Waals surface area contributed by atoms with Crippen LogP contribution in [0.4, 0.5) is 14.5 Å². The van der Waals surface area contributed by atoms with Crippen molar-refractivity contribution >= 4 is 11.7 Å². The largest absolute Gasteiger partial charge is 0.462 e. The Morgan fingerprint density at radius 3 is 2.68 bits per heavy atom. The van der Waals surface area contributed by atoms with Crippen LogP contribution in [0, 0.1) is 17.6 Å². The third-order valence-corrected chi connectivity index (χ3v) is 3.10. The second-order valence-corrected chi connectivity index (χ2v) is 4.51. The van der Waals surface area contributed by atoms with Gasteiger partial charge < -0.3 is 15.2 Å². The summed E-state index contributed by atoms with van der Waals surface area (Å²) in [6.45, 7) is 1.49. The smallest absolute Gasteiger partial charge is 0.341 e. The van der Waals surface area contributed by atoms with Gasteiger partial charge in [-0.1, -0.05) is 0 Å². The molecule has 104 valence electrons. The van der Waals surface area contributed by atoms with E-state index in [0.29, 0.717) is 19.3 Å². The molecule has 1 fully saturated rings. The first kappa shape index (κ1) is 13.7. The van der Waals surface area contributed by atoms with Crippen molar-refractivity contribution in [3.05, 3.63) is 29.3 Å². The van der Waals surface area contributed by atoms with Crippen LogP contribution in [0.5, 0.6) is 0 Å². The van der Waals surface area contributed by atoms with Gasteiger partial charge in [0.2, 0.25) is 0 Å². The summed E-state index contributed by atoms with van der Waals surface area (Å²) in [5.41, 5.74) is 4.68. The van der Waals surface area contributed by atoms with Crippen LogP contribution in [0.25, 0.3) is 0 Å². The maximum atomic E-state index is 13.4. The zero-order chi connectivity index (χ0) is 13.8. The predicted molar refractivity (Wildman–Crippen MR) is 64.6 cm³/mol.